The van der Waals surface area contributed by atoms with Crippen molar-refractivity contribution in [2.45, 2.75) is 20.3 Å². The van der Waals surface area contributed by atoms with Crippen LogP contribution in [0.25, 0.3) is 21.6 Å². The second-order valence-corrected chi connectivity index (χ2v) is 6.97. The van der Waals surface area contributed by atoms with Crippen LogP contribution in [0.1, 0.15) is 4.88 Å². The first-order valence-corrected chi connectivity index (χ1v) is 8.16. The Hall–Kier alpha value is -2.48. The molecule has 0 spiro atoms. The smallest absolute Gasteiger partial charge is 0.332 e. The fourth-order valence-corrected chi connectivity index (χ4v) is 3.30. The van der Waals surface area contributed by atoms with Gasteiger partial charge in [0.05, 0.1) is 5.52 Å². The lowest BCUT2D eigenvalue weighted by molar-refractivity contribution is -0.129. The number of alkyl halides is 1. The summed E-state index contributed by atoms with van der Waals surface area (Å²) < 4.78 is 15.5. The van der Waals surface area contributed by atoms with Gasteiger partial charge in [0.25, 0.3) is 0 Å². The highest BCUT2D eigenvalue weighted by atomic mass is 32.1. The summed E-state index contributed by atoms with van der Waals surface area (Å²) in [6.45, 7) is 0.873. The van der Waals surface area contributed by atoms with Crippen molar-refractivity contribution in [3.05, 3.63) is 39.8 Å². The second-order valence-electron chi connectivity index (χ2n) is 5.68. The number of thiophene rings is 1. The van der Waals surface area contributed by atoms with Gasteiger partial charge < -0.3 is 4.90 Å². The molecule has 0 bridgehead atoms. The van der Waals surface area contributed by atoms with Crippen molar-refractivity contribution in [3.8, 4) is 10.4 Å². The van der Waals surface area contributed by atoms with E-state index in [4.69, 9.17) is 0 Å². The summed E-state index contributed by atoms with van der Waals surface area (Å²) in [7, 11) is 3.22. The quantitative estimate of drug-likeness (QED) is 0.727. The van der Waals surface area contributed by atoms with Gasteiger partial charge in [-0.2, -0.15) is 0 Å². The third kappa shape index (κ3) is 2.73. The molecule has 126 valence electrons. The highest BCUT2D eigenvalue weighted by Gasteiger charge is 2.18. The van der Waals surface area contributed by atoms with E-state index in [-0.39, 0.29) is 18.1 Å². The molecule has 0 aromatic carbocycles. The van der Waals surface area contributed by atoms with E-state index in [0.29, 0.717) is 5.52 Å². The number of aryl methyl sites for hydroxylation is 1. The molecular formula is C16H17FN4O2S. The van der Waals surface area contributed by atoms with Crippen LogP contribution in [0.3, 0.4) is 0 Å². The minimum absolute atomic E-state index is 0.149. The molecule has 0 saturated heterocycles. The van der Waals surface area contributed by atoms with Crippen LogP contribution in [0, 0.1) is 6.92 Å². The molecule has 0 atom stereocenters. The first-order chi connectivity index (χ1) is 11.4. The van der Waals surface area contributed by atoms with Crippen molar-refractivity contribution in [3.63, 3.8) is 0 Å². The number of nitrogens with zero attached hydrogens (tertiary/aromatic N) is 4. The number of carbonyl (C=O) groups is 1. The maximum absolute atomic E-state index is 13.3. The van der Waals surface area contributed by atoms with Crippen molar-refractivity contribution in [2.75, 3.05) is 14.1 Å². The lowest BCUT2D eigenvalue weighted by Crippen LogP contribution is -2.32. The molecule has 3 aromatic heterocycles. The number of halogens is 1. The van der Waals surface area contributed by atoms with E-state index in [0.717, 1.165) is 19.9 Å². The fourth-order valence-electron chi connectivity index (χ4n) is 2.45. The Labute approximate surface area is 141 Å². The lowest BCUT2D eigenvalue weighted by atomic mass is 10.2. The monoisotopic (exact) mass is 348 g/mol. The van der Waals surface area contributed by atoms with Crippen molar-refractivity contribution in [2.24, 2.45) is 0 Å². The Morgan fingerprint density at radius 2 is 2.08 bits per heavy atom. The Kier molecular flexibility index (Phi) is 4.23. The number of imidazole rings is 1. The maximum Gasteiger partial charge on any atom is 0.332 e. The second kappa shape index (κ2) is 6.20. The Balaban J connectivity index is 2.19. The maximum atomic E-state index is 13.3. The highest BCUT2D eigenvalue weighted by molar-refractivity contribution is 7.15. The molecular weight excluding hydrogens is 331 g/mol. The standard InChI is InChI=1S/C16H17FN4O2S/c1-10-4-5-13(24-10)11-6-12-15(18-7-11)21(9-17)16(23)20(12)8-14(22)19(2)3/h4-7H,8-9H2,1-3H3. The zero-order chi connectivity index (χ0) is 17.4. The fraction of sp³-hybridized carbons (Fsp3) is 0.312. The molecule has 3 heterocycles. The molecule has 0 unspecified atom stereocenters. The van der Waals surface area contributed by atoms with E-state index in [9.17, 15) is 14.0 Å². The minimum Gasteiger partial charge on any atom is -0.347 e. The van der Waals surface area contributed by atoms with Crippen LogP contribution in [-0.2, 0) is 18.1 Å². The third-order valence-corrected chi connectivity index (χ3v) is 4.84. The van der Waals surface area contributed by atoms with E-state index in [2.05, 4.69) is 4.98 Å². The average Bonchev–Trinajstić information content (AvgIpc) is 3.09. The van der Waals surface area contributed by atoms with E-state index >= 15 is 0 Å². The number of amides is 1. The largest absolute Gasteiger partial charge is 0.347 e. The molecule has 0 aliphatic heterocycles. The molecule has 0 fully saturated rings. The number of rotatable bonds is 4. The van der Waals surface area contributed by atoms with Gasteiger partial charge in [0.1, 0.15) is 6.54 Å². The summed E-state index contributed by atoms with van der Waals surface area (Å²) in [6, 6.07) is 5.76. The molecule has 0 radical (unpaired) electrons. The number of likely N-dealkylation sites (N-methyl/N-ethyl adjacent to an activating group) is 1. The summed E-state index contributed by atoms with van der Waals surface area (Å²) in [4.78, 5) is 32.2. The number of carbonyl (C=O) groups excluding carboxylic acids is 1. The zero-order valence-electron chi connectivity index (χ0n) is 13.6. The van der Waals surface area contributed by atoms with Crippen molar-refractivity contribution < 1.29 is 9.18 Å². The van der Waals surface area contributed by atoms with Gasteiger partial charge in [-0.25, -0.2) is 18.7 Å². The minimum atomic E-state index is -0.983. The SMILES string of the molecule is Cc1ccc(-c2cnc3c(c2)n(CC(=O)N(C)C)c(=O)n3CF)s1. The average molecular weight is 348 g/mol. The molecule has 3 aromatic rings. The Morgan fingerprint density at radius 3 is 2.67 bits per heavy atom. The van der Waals surface area contributed by atoms with E-state index in [1.54, 1.807) is 37.7 Å². The van der Waals surface area contributed by atoms with Crippen LogP contribution in [-0.4, -0.2) is 39.0 Å². The molecule has 3 rings (SSSR count). The molecule has 0 N–H and O–H groups in total. The number of fused-ring (bicyclic) bond motifs is 1. The summed E-state index contributed by atoms with van der Waals surface area (Å²) in [6.07, 6.45) is 1.62. The number of hydrogen-bond acceptors (Lipinski definition) is 4. The first-order valence-electron chi connectivity index (χ1n) is 7.34. The van der Waals surface area contributed by atoms with Gasteiger partial charge in [-0.3, -0.25) is 9.36 Å². The predicted octanol–water partition coefficient (Wildman–Crippen LogP) is 2.25. The van der Waals surface area contributed by atoms with Crippen molar-refractivity contribution >= 4 is 28.4 Å². The Bertz CT molecular complexity index is 970. The summed E-state index contributed by atoms with van der Waals surface area (Å²) in [5.41, 5.74) is 0.958. The number of pyridine rings is 1. The zero-order valence-corrected chi connectivity index (χ0v) is 14.4. The molecule has 8 heteroatoms. The van der Waals surface area contributed by atoms with Crippen LogP contribution < -0.4 is 5.69 Å². The van der Waals surface area contributed by atoms with Gasteiger partial charge in [-0.1, -0.05) is 0 Å². The van der Waals surface area contributed by atoms with Crippen LogP contribution >= 0.6 is 11.3 Å². The van der Waals surface area contributed by atoms with Gasteiger partial charge in [-0.15, -0.1) is 11.3 Å². The predicted molar refractivity (Wildman–Crippen MR) is 91.8 cm³/mol. The Morgan fingerprint density at radius 1 is 1.33 bits per heavy atom. The molecule has 0 aliphatic carbocycles. The van der Waals surface area contributed by atoms with Gasteiger partial charge >= 0.3 is 5.69 Å². The number of hydrogen-bond donors (Lipinski definition) is 0. The van der Waals surface area contributed by atoms with Crippen molar-refractivity contribution in [1.29, 1.82) is 0 Å². The molecule has 0 aliphatic rings. The van der Waals surface area contributed by atoms with Crippen LogP contribution in [0.2, 0.25) is 0 Å². The van der Waals surface area contributed by atoms with E-state index < -0.39 is 12.5 Å². The van der Waals surface area contributed by atoms with Gasteiger partial charge in [0.2, 0.25) is 5.91 Å². The molecule has 0 saturated carbocycles. The normalized spacial score (nSPS) is 11.2. The van der Waals surface area contributed by atoms with E-state index in [1.807, 2.05) is 19.1 Å². The van der Waals surface area contributed by atoms with E-state index in [1.165, 1.54) is 9.47 Å². The van der Waals surface area contributed by atoms with Crippen LogP contribution in [0.4, 0.5) is 4.39 Å². The summed E-state index contributed by atoms with van der Waals surface area (Å²) in [5, 5.41) is 0. The highest BCUT2D eigenvalue weighted by Crippen LogP contribution is 2.29. The third-order valence-electron chi connectivity index (χ3n) is 3.79. The van der Waals surface area contributed by atoms with Gasteiger partial charge in [0, 0.05) is 35.6 Å². The molecule has 1 amide bonds. The van der Waals surface area contributed by atoms with Crippen LogP contribution in [0.15, 0.2) is 29.2 Å². The molecule has 6 nitrogen and oxygen atoms in total. The molecule has 24 heavy (non-hydrogen) atoms. The van der Waals surface area contributed by atoms with Crippen molar-refractivity contribution in [1.82, 2.24) is 19.0 Å². The van der Waals surface area contributed by atoms with Gasteiger partial charge in [0.15, 0.2) is 12.4 Å². The first kappa shape index (κ1) is 16.4. The summed E-state index contributed by atoms with van der Waals surface area (Å²) >= 11 is 1.61. The summed E-state index contributed by atoms with van der Waals surface area (Å²) in [5.74, 6) is -0.243. The topological polar surface area (TPSA) is 60.1 Å². The number of aromatic nitrogens is 3. The van der Waals surface area contributed by atoms with Crippen LogP contribution in [0.5, 0.6) is 0 Å². The van der Waals surface area contributed by atoms with Gasteiger partial charge in [-0.05, 0) is 25.1 Å². The lowest BCUT2D eigenvalue weighted by Gasteiger charge is -2.10.